The first-order valence-electron chi connectivity index (χ1n) is 13.6. The Bertz CT molecular complexity index is 687. The molecule has 1 atom stereocenters. The summed E-state index contributed by atoms with van der Waals surface area (Å²) in [5.41, 5.74) is 0. The molecule has 0 aliphatic heterocycles. The number of rotatable bonds is 5. The summed E-state index contributed by atoms with van der Waals surface area (Å²) in [6.45, 7) is 0. The zero-order valence-corrected chi connectivity index (χ0v) is 25.3. The normalized spacial score (nSPS) is 24.4. The Balaban J connectivity index is 0.00000578. The van der Waals surface area contributed by atoms with Crippen molar-refractivity contribution in [2.24, 2.45) is 5.14 Å². The first kappa shape index (κ1) is 32.8. The Morgan fingerprint density at radius 2 is 0.824 bits per heavy atom. The zero-order chi connectivity index (χ0) is 24.0. The third-order valence-electron chi connectivity index (χ3n) is 7.33. The Labute approximate surface area is 234 Å². The van der Waals surface area contributed by atoms with Crippen LogP contribution in [0, 0.1) is 4.78 Å². The fourth-order valence-electron chi connectivity index (χ4n) is 5.65. The van der Waals surface area contributed by atoms with E-state index in [1.54, 1.807) is 4.31 Å². The first-order valence-corrected chi connectivity index (χ1v) is 16.5. The minimum Gasteiger partial charge on any atom is -1.00 e. The van der Waals surface area contributed by atoms with Crippen LogP contribution >= 0.6 is 0 Å². The largest absolute Gasteiger partial charge is 1.00 e. The molecule has 1 unspecified atom stereocenters. The van der Waals surface area contributed by atoms with Gasteiger partial charge in [-0.25, -0.2) is 14.1 Å². The van der Waals surface area contributed by atoms with Gasteiger partial charge in [-0.1, -0.05) is 116 Å². The third kappa shape index (κ3) is 13.9. The maximum Gasteiger partial charge on any atom is 1.00 e. The van der Waals surface area contributed by atoms with Crippen LogP contribution in [-0.2, 0) is 24.1 Å². The van der Waals surface area contributed by atoms with Crippen LogP contribution in [0.2, 0.25) is 0 Å². The fraction of sp³-hybridized carbons (Fsp3) is 1.00. The van der Waals surface area contributed by atoms with Gasteiger partial charge in [-0.15, -0.1) is 3.63 Å². The first-order chi connectivity index (χ1) is 15.8. The molecule has 0 aromatic heterocycles. The van der Waals surface area contributed by atoms with Gasteiger partial charge in [-0.2, -0.15) is 12.7 Å². The van der Waals surface area contributed by atoms with E-state index in [9.17, 15) is 12.6 Å². The summed E-state index contributed by atoms with van der Waals surface area (Å²) in [5, 5.41) is 5.12. The Morgan fingerprint density at radius 1 is 0.588 bits per heavy atom. The molecule has 0 bridgehead atoms. The second kappa shape index (κ2) is 18.1. The molecular weight excluding hydrogens is 481 g/mol. The van der Waals surface area contributed by atoms with Gasteiger partial charge in [0.25, 0.3) is 0 Å². The Kier molecular flexibility index (Phi) is 17.5. The topological polar surface area (TPSA) is 114 Å². The molecule has 10 heteroatoms. The second-order valence-corrected chi connectivity index (χ2v) is 13.1. The summed E-state index contributed by atoms with van der Waals surface area (Å²) in [7, 11) is -8.48. The van der Waals surface area contributed by atoms with Crippen molar-refractivity contribution in [3.05, 3.63) is 0 Å². The predicted molar refractivity (Wildman–Crippen MR) is 137 cm³/mol. The van der Waals surface area contributed by atoms with Gasteiger partial charge in [0, 0.05) is 12.1 Å². The third-order valence-corrected chi connectivity index (χ3v) is 9.98. The molecule has 34 heavy (non-hydrogen) atoms. The van der Waals surface area contributed by atoms with E-state index in [4.69, 9.17) is 13.5 Å². The number of nitrogens with two attached hydrogens (primary N) is 1. The molecule has 198 valence electrons. The van der Waals surface area contributed by atoms with Gasteiger partial charge in [-0.05, 0) is 25.7 Å². The van der Waals surface area contributed by atoms with Crippen molar-refractivity contribution in [1.29, 1.82) is 4.78 Å². The molecule has 0 radical (unpaired) electrons. The molecule has 2 fully saturated rings. The van der Waals surface area contributed by atoms with E-state index in [1.807, 2.05) is 0 Å². The van der Waals surface area contributed by atoms with Crippen molar-refractivity contribution in [1.82, 2.24) is 4.31 Å². The minimum atomic E-state index is -4.49. The van der Waals surface area contributed by atoms with Crippen molar-refractivity contribution in [2.45, 2.75) is 153 Å². The van der Waals surface area contributed by atoms with E-state index in [0.717, 1.165) is 77.0 Å². The SMILES string of the molecule is N=S(=O)(OS(N)(=O)=O)N(C1CCCCCCCCCCC1)C1CCCCCCCCCCC1.[H-].[Na+]. The van der Waals surface area contributed by atoms with Crippen LogP contribution in [0.25, 0.3) is 0 Å². The molecule has 3 N–H and O–H groups in total. The minimum absolute atomic E-state index is 0. The van der Waals surface area contributed by atoms with E-state index >= 15 is 0 Å². The number of nitrogens with zero attached hydrogens (tertiary/aromatic N) is 1. The molecule has 0 heterocycles. The van der Waals surface area contributed by atoms with Crippen LogP contribution in [0.4, 0.5) is 0 Å². The second-order valence-electron chi connectivity index (χ2n) is 10.2. The quantitative estimate of drug-likeness (QED) is 0.525. The molecule has 2 saturated carbocycles. The molecule has 0 aromatic carbocycles. The monoisotopic (exact) mass is 531 g/mol. The summed E-state index contributed by atoms with van der Waals surface area (Å²) in [5.74, 6) is 0. The summed E-state index contributed by atoms with van der Waals surface area (Å²) >= 11 is 0. The predicted octanol–water partition coefficient (Wildman–Crippen LogP) is 3.85. The number of hydrogen-bond donors (Lipinski definition) is 2. The molecule has 2 aliphatic carbocycles. The van der Waals surface area contributed by atoms with Crippen LogP contribution < -0.4 is 34.7 Å². The molecular formula is C24H50N3NaO4S2. The molecule has 7 nitrogen and oxygen atoms in total. The number of nitrogens with one attached hydrogen (secondary N) is 1. The average Bonchev–Trinajstić information content (AvgIpc) is 2.69. The summed E-state index contributed by atoms with van der Waals surface area (Å²) in [6.07, 6.45) is 24.4. The molecule has 0 spiro atoms. The van der Waals surface area contributed by atoms with Gasteiger partial charge < -0.3 is 1.43 Å². The summed E-state index contributed by atoms with van der Waals surface area (Å²) in [4.78, 5) is 0. The van der Waals surface area contributed by atoms with E-state index in [-0.39, 0.29) is 43.1 Å². The maximum absolute atomic E-state index is 13.6. The van der Waals surface area contributed by atoms with E-state index in [2.05, 4.69) is 0 Å². The van der Waals surface area contributed by atoms with Crippen LogP contribution in [0.3, 0.4) is 0 Å². The smallest absolute Gasteiger partial charge is 1.00 e. The standard InChI is InChI=1S/C24H49N3O4S2.Na.H/c25-32(28,31-33(26,29)30)27(23-19-15-11-7-3-1-4-8-12-16-20-23)24-21-17-13-9-5-2-6-10-14-18-22-24;;/h23-25H,1-22H2,(H2,26,29,30);;/q;+1;-1. The van der Waals surface area contributed by atoms with Gasteiger partial charge in [0.15, 0.2) is 0 Å². The van der Waals surface area contributed by atoms with E-state index in [1.165, 1.54) is 64.2 Å². The van der Waals surface area contributed by atoms with Crippen LogP contribution in [-0.4, -0.2) is 29.0 Å². The van der Waals surface area contributed by atoms with Gasteiger partial charge in [0.05, 0.1) is 0 Å². The van der Waals surface area contributed by atoms with Crippen molar-refractivity contribution in [2.75, 3.05) is 0 Å². The average molecular weight is 532 g/mol. The molecule has 0 amide bonds. The van der Waals surface area contributed by atoms with Crippen LogP contribution in [0.5, 0.6) is 0 Å². The van der Waals surface area contributed by atoms with Crippen molar-refractivity contribution in [3.63, 3.8) is 0 Å². The molecule has 0 aromatic rings. The van der Waals surface area contributed by atoms with Crippen molar-refractivity contribution < 1.29 is 47.2 Å². The van der Waals surface area contributed by atoms with Crippen molar-refractivity contribution in [3.8, 4) is 0 Å². The van der Waals surface area contributed by atoms with Crippen LogP contribution in [0.15, 0.2) is 0 Å². The van der Waals surface area contributed by atoms with E-state index < -0.39 is 20.5 Å². The van der Waals surface area contributed by atoms with E-state index in [0.29, 0.717) is 0 Å². The Hall–Kier alpha value is 0.780. The fourth-order valence-corrected chi connectivity index (χ4v) is 8.16. The zero-order valence-electron chi connectivity index (χ0n) is 22.7. The summed E-state index contributed by atoms with van der Waals surface area (Å²) in [6, 6.07) is -0.205. The van der Waals surface area contributed by atoms with Gasteiger partial charge in [-0.3, -0.25) is 0 Å². The van der Waals surface area contributed by atoms with Gasteiger partial charge in [0.2, 0.25) is 10.2 Å². The molecule has 2 rings (SSSR count). The number of hydrogen-bond acceptors (Lipinski definition) is 5. The molecule has 0 saturated heterocycles. The van der Waals surface area contributed by atoms with Crippen molar-refractivity contribution >= 4 is 20.5 Å². The maximum atomic E-state index is 13.6. The summed E-state index contributed by atoms with van der Waals surface area (Å²) < 4.78 is 52.2. The van der Waals surface area contributed by atoms with Gasteiger partial charge >= 0.3 is 39.9 Å². The van der Waals surface area contributed by atoms with Gasteiger partial charge in [0.1, 0.15) is 0 Å². The molecule has 2 aliphatic rings. The van der Waals surface area contributed by atoms with Crippen LogP contribution in [0.1, 0.15) is 143 Å². The Morgan fingerprint density at radius 3 is 1.06 bits per heavy atom.